The molecule has 0 radical (unpaired) electrons. The number of hydrogen-bond acceptors (Lipinski definition) is 4. The molecule has 0 spiro atoms. The lowest BCUT2D eigenvalue weighted by Gasteiger charge is -2.14. The van der Waals surface area contributed by atoms with Crippen molar-refractivity contribution >= 4 is 12.3 Å². The van der Waals surface area contributed by atoms with Crippen molar-refractivity contribution in [3.63, 3.8) is 0 Å². The molecule has 15 heavy (non-hydrogen) atoms. The molecule has 5 heteroatoms. The maximum atomic E-state index is 10.7. The van der Waals surface area contributed by atoms with Crippen molar-refractivity contribution in [2.24, 2.45) is 11.5 Å². The van der Waals surface area contributed by atoms with Gasteiger partial charge >= 0.3 is 5.97 Å². The molecule has 80 valence electrons. The Bertz CT molecular complexity index is 379. The van der Waals surface area contributed by atoms with E-state index >= 15 is 0 Å². The van der Waals surface area contributed by atoms with E-state index in [1.165, 1.54) is 0 Å². The molecule has 0 bridgehead atoms. The molecule has 0 fully saturated rings. The summed E-state index contributed by atoms with van der Waals surface area (Å²) in [6, 6.07) is 4.48. The highest BCUT2D eigenvalue weighted by atomic mass is 16.4. The number of aliphatic carboxylic acids is 1. The SMILES string of the molecule is NC(C=O)c1ccccc1C(N)C(=O)O. The lowest BCUT2D eigenvalue weighted by atomic mass is 9.96. The molecule has 0 heterocycles. The molecule has 5 N–H and O–H groups in total. The molecule has 1 rings (SSSR count). The smallest absolute Gasteiger partial charge is 0.325 e. The topological polar surface area (TPSA) is 106 Å². The molecular weight excluding hydrogens is 196 g/mol. The van der Waals surface area contributed by atoms with Gasteiger partial charge in [-0.25, -0.2) is 0 Å². The fraction of sp³-hybridized carbons (Fsp3) is 0.200. The van der Waals surface area contributed by atoms with Crippen molar-refractivity contribution in [2.45, 2.75) is 12.1 Å². The summed E-state index contributed by atoms with van der Waals surface area (Å²) in [6.07, 6.45) is 0.549. The van der Waals surface area contributed by atoms with E-state index in [9.17, 15) is 9.59 Å². The number of rotatable bonds is 4. The van der Waals surface area contributed by atoms with Crippen LogP contribution in [0.4, 0.5) is 0 Å². The standard InChI is InChI=1S/C10H12N2O3/c11-8(5-13)6-3-1-2-4-7(6)9(12)10(14)15/h1-5,8-9H,11-12H2,(H,14,15). The first-order valence-corrected chi connectivity index (χ1v) is 4.36. The Hall–Kier alpha value is -1.72. The molecule has 0 saturated carbocycles. The molecule has 5 nitrogen and oxygen atoms in total. The third-order valence-corrected chi connectivity index (χ3v) is 2.10. The number of carboxylic acid groups (broad SMARTS) is 1. The number of hydrogen-bond donors (Lipinski definition) is 3. The number of carboxylic acids is 1. The second-order valence-electron chi connectivity index (χ2n) is 3.11. The van der Waals surface area contributed by atoms with E-state index in [1.54, 1.807) is 24.3 Å². The Kier molecular flexibility index (Phi) is 3.54. The van der Waals surface area contributed by atoms with Gasteiger partial charge < -0.3 is 21.4 Å². The van der Waals surface area contributed by atoms with Gasteiger partial charge in [0.05, 0.1) is 6.04 Å². The summed E-state index contributed by atoms with van der Waals surface area (Å²) in [6.45, 7) is 0. The first-order valence-electron chi connectivity index (χ1n) is 4.36. The first-order chi connectivity index (χ1) is 7.07. The zero-order valence-electron chi connectivity index (χ0n) is 7.96. The third-order valence-electron chi connectivity index (χ3n) is 2.10. The first kappa shape index (κ1) is 11.4. The fourth-order valence-corrected chi connectivity index (χ4v) is 1.30. The van der Waals surface area contributed by atoms with Crippen molar-refractivity contribution in [1.29, 1.82) is 0 Å². The zero-order valence-corrected chi connectivity index (χ0v) is 7.96. The van der Waals surface area contributed by atoms with E-state index in [-0.39, 0.29) is 0 Å². The van der Waals surface area contributed by atoms with Crippen LogP contribution in [0.5, 0.6) is 0 Å². The minimum Gasteiger partial charge on any atom is -0.480 e. The maximum absolute atomic E-state index is 10.7. The van der Waals surface area contributed by atoms with Crippen LogP contribution in [0.2, 0.25) is 0 Å². The van der Waals surface area contributed by atoms with Crippen LogP contribution >= 0.6 is 0 Å². The molecule has 1 aromatic carbocycles. The summed E-state index contributed by atoms with van der Waals surface area (Å²) in [7, 11) is 0. The normalized spacial score (nSPS) is 14.3. The number of benzene rings is 1. The van der Waals surface area contributed by atoms with Crippen molar-refractivity contribution in [3.05, 3.63) is 35.4 Å². The summed E-state index contributed by atoms with van der Waals surface area (Å²) in [5, 5.41) is 8.76. The van der Waals surface area contributed by atoms with Crippen LogP contribution in [-0.2, 0) is 9.59 Å². The van der Waals surface area contributed by atoms with Gasteiger partial charge in [-0.15, -0.1) is 0 Å². The molecule has 0 amide bonds. The maximum Gasteiger partial charge on any atom is 0.325 e. The van der Waals surface area contributed by atoms with Crippen LogP contribution in [0.3, 0.4) is 0 Å². The van der Waals surface area contributed by atoms with E-state index in [0.29, 0.717) is 17.4 Å². The van der Waals surface area contributed by atoms with Gasteiger partial charge in [-0.05, 0) is 11.1 Å². The second-order valence-corrected chi connectivity index (χ2v) is 3.11. The molecule has 0 saturated heterocycles. The highest BCUT2D eigenvalue weighted by molar-refractivity contribution is 5.76. The van der Waals surface area contributed by atoms with Crippen LogP contribution in [0, 0.1) is 0 Å². The minimum absolute atomic E-state index is 0.365. The summed E-state index contributed by atoms with van der Waals surface area (Å²) in [5.74, 6) is -1.15. The van der Waals surface area contributed by atoms with E-state index in [0.717, 1.165) is 0 Å². The van der Waals surface area contributed by atoms with E-state index in [1.807, 2.05) is 0 Å². The second kappa shape index (κ2) is 4.68. The molecule has 1 aromatic rings. The summed E-state index contributed by atoms with van der Waals surface area (Å²) in [5.41, 5.74) is 11.8. The lowest BCUT2D eigenvalue weighted by Crippen LogP contribution is -2.24. The zero-order chi connectivity index (χ0) is 11.4. The van der Waals surface area contributed by atoms with Crippen LogP contribution in [0.25, 0.3) is 0 Å². The van der Waals surface area contributed by atoms with Crippen molar-refractivity contribution in [3.8, 4) is 0 Å². The predicted molar refractivity (Wildman–Crippen MR) is 54.0 cm³/mol. The average Bonchev–Trinajstić information content (AvgIpc) is 2.27. The fourth-order valence-electron chi connectivity index (χ4n) is 1.30. The van der Waals surface area contributed by atoms with Crippen LogP contribution < -0.4 is 11.5 Å². The van der Waals surface area contributed by atoms with Crippen molar-refractivity contribution in [1.82, 2.24) is 0 Å². The minimum atomic E-state index is -1.16. The molecule has 0 aliphatic rings. The van der Waals surface area contributed by atoms with Crippen LogP contribution in [0.15, 0.2) is 24.3 Å². The van der Waals surface area contributed by atoms with Gasteiger partial charge in [0.1, 0.15) is 12.3 Å². The quantitative estimate of drug-likeness (QED) is 0.602. The number of carbonyl (C=O) groups excluding carboxylic acids is 1. The van der Waals surface area contributed by atoms with Crippen molar-refractivity contribution < 1.29 is 14.7 Å². The van der Waals surface area contributed by atoms with E-state index in [2.05, 4.69) is 0 Å². The molecule has 0 aliphatic heterocycles. The number of aldehydes is 1. The van der Waals surface area contributed by atoms with Gasteiger partial charge in [0.25, 0.3) is 0 Å². The Morgan fingerprint density at radius 1 is 1.27 bits per heavy atom. The Labute approximate surface area is 86.7 Å². The average molecular weight is 208 g/mol. The number of nitrogens with two attached hydrogens (primary N) is 2. The summed E-state index contributed by atoms with van der Waals surface area (Å²) < 4.78 is 0. The number of carbonyl (C=O) groups is 2. The lowest BCUT2D eigenvalue weighted by molar-refractivity contribution is -0.138. The van der Waals surface area contributed by atoms with Gasteiger partial charge in [-0.3, -0.25) is 4.79 Å². The predicted octanol–water partition coefficient (Wildman–Crippen LogP) is -0.0303. The molecule has 2 atom stereocenters. The molecule has 2 unspecified atom stereocenters. The van der Waals surface area contributed by atoms with Gasteiger partial charge in [-0.2, -0.15) is 0 Å². The largest absolute Gasteiger partial charge is 0.480 e. The van der Waals surface area contributed by atoms with Gasteiger partial charge in [-0.1, -0.05) is 24.3 Å². The molecule has 0 aliphatic carbocycles. The summed E-state index contributed by atoms with van der Waals surface area (Å²) >= 11 is 0. The van der Waals surface area contributed by atoms with Gasteiger partial charge in [0.15, 0.2) is 0 Å². The van der Waals surface area contributed by atoms with E-state index in [4.69, 9.17) is 16.6 Å². The van der Waals surface area contributed by atoms with Crippen LogP contribution in [0.1, 0.15) is 23.2 Å². The summed E-state index contributed by atoms with van der Waals surface area (Å²) in [4.78, 5) is 21.2. The Morgan fingerprint density at radius 2 is 1.80 bits per heavy atom. The van der Waals surface area contributed by atoms with Gasteiger partial charge in [0.2, 0.25) is 0 Å². The Balaban J connectivity index is 3.16. The monoisotopic (exact) mass is 208 g/mol. The highest BCUT2D eigenvalue weighted by Gasteiger charge is 2.19. The molecular formula is C10H12N2O3. The van der Waals surface area contributed by atoms with Gasteiger partial charge in [0, 0.05) is 0 Å². The third kappa shape index (κ3) is 2.39. The van der Waals surface area contributed by atoms with E-state index < -0.39 is 18.1 Å². The molecule has 0 aromatic heterocycles. The Morgan fingerprint density at radius 3 is 2.27 bits per heavy atom. The highest BCUT2D eigenvalue weighted by Crippen LogP contribution is 2.20. The van der Waals surface area contributed by atoms with Crippen LogP contribution in [-0.4, -0.2) is 17.4 Å². The van der Waals surface area contributed by atoms with Crippen molar-refractivity contribution in [2.75, 3.05) is 0 Å².